The molecule has 0 radical (unpaired) electrons. The summed E-state index contributed by atoms with van der Waals surface area (Å²) in [5.74, 6) is 0.191. The zero-order chi connectivity index (χ0) is 15.9. The predicted octanol–water partition coefficient (Wildman–Crippen LogP) is 2.50. The maximum atomic E-state index is 12.4. The minimum Gasteiger partial charge on any atom is -0.467 e. The van der Waals surface area contributed by atoms with Crippen molar-refractivity contribution in [2.75, 3.05) is 11.9 Å². The fourth-order valence-corrected chi connectivity index (χ4v) is 2.01. The van der Waals surface area contributed by atoms with Crippen molar-refractivity contribution < 1.29 is 14.0 Å². The van der Waals surface area contributed by atoms with Gasteiger partial charge in [-0.15, -0.1) is 0 Å². The van der Waals surface area contributed by atoms with Crippen LogP contribution in [0.5, 0.6) is 0 Å². The molecule has 0 aliphatic rings. The van der Waals surface area contributed by atoms with Gasteiger partial charge in [-0.25, -0.2) is 4.79 Å². The minimum absolute atomic E-state index is 0.0992. The summed E-state index contributed by atoms with van der Waals surface area (Å²) >= 11 is 0. The number of carbonyl (C=O) groups excluding carboxylic acids is 2. The number of hydrogen-bond donors (Lipinski definition) is 2. The molecule has 0 atom stereocenters. The van der Waals surface area contributed by atoms with Crippen LogP contribution in [0.2, 0.25) is 0 Å². The standard InChI is InChI=1S/C16H19N3O3/c1-12-4-2-5-13(10-12)18-16(21)19(8-7-15(17)20)11-14-6-3-9-22-14/h2-6,9-10H,7-8,11H2,1H3,(H2,17,20)(H,18,21). The second kappa shape index (κ2) is 7.31. The number of anilines is 1. The van der Waals surface area contributed by atoms with Gasteiger partial charge in [-0.2, -0.15) is 0 Å². The van der Waals surface area contributed by atoms with E-state index in [4.69, 9.17) is 10.2 Å². The molecule has 6 nitrogen and oxygen atoms in total. The van der Waals surface area contributed by atoms with Gasteiger partial charge in [-0.1, -0.05) is 12.1 Å². The van der Waals surface area contributed by atoms with E-state index < -0.39 is 5.91 Å². The van der Waals surface area contributed by atoms with Crippen LogP contribution >= 0.6 is 0 Å². The van der Waals surface area contributed by atoms with E-state index in [1.54, 1.807) is 18.4 Å². The van der Waals surface area contributed by atoms with Gasteiger partial charge in [-0.3, -0.25) is 4.79 Å². The SMILES string of the molecule is Cc1cccc(NC(=O)N(CCC(N)=O)Cc2ccco2)c1. The number of furan rings is 1. The number of hydrogen-bond acceptors (Lipinski definition) is 3. The van der Waals surface area contributed by atoms with Gasteiger partial charge in [0.15, 0.2) is 0 Å². The zero-order valence-corrected chi connectivity index (χ0v) is 12.4. The summed E-state index contributed by atoms with van der Waals surface area (Å²) in [7, 11) is 0. The van der Waals surface area contributed by atoms with E-state index in [1.165, 1.54) is 4.90 Å². The Balaban J connectivity index is 2.05. The van der Waals surface area contributed by atoms with Crippen molar-refractivity contribution in [2.24, 2.45) is 5.73 Å². The van der Waals surface area contributed by atoms with E-state index in [0.29, 0.717) is 11.4 Å². The lowest BCUT2D eigenvalue weighted by molar-refractivity contribution is -0.118. The van der Waals surface area contributed by atoms with Crippen LogP contribution in [0, 0.1) is 6.92 Å². The van der Waals surface area contributed by atoms with Crippen LogP contribution in [0.1, 0.15) is 17.7 Å². The zero-order valence-electron chi connectivity index (χ0n) is 12.4. The topological polar surface area (TPSA) is 88.6 Å². The van der Waals surface area contributed by atoms with E-state index in [1.807, 2.05) is 31.2 Å². The second-order valence-electron chi connectivity index (χ2n) is 5.02. The van der Waals surface area contributed by atoms with Crippen molar-refractivity contribution in [1.29, 1.82) is 0 Å². The fraction of sp³-hybridized carbons (Fsp3) is 0.250. The molecule has 1 aromatic carbocycles. The first-order chi connectivity index (χ1) is 10.5. The Kier molecular flexibility index (Phi) is 5.19. The number of amides is 3. The highest BCUT2D eigenvalue weighted by Crippen LogP contribution is 2.12. The molecule has 2 aromatic rings. The molecule has 2 rings (SSSR count). The lowest BCUT2D eigenvalue weighted by atomic mass is 10.2. The van der Waals surface area contributed by atoms with Gasteiger partial charge in [0.25, 0.3) is 0 Å². The van der Waals surface area contributed by atoms with Crippen molar-refractivity contribution in [3.63, 3.8) is 0 Å². The molecule has 1 aromatic heterocycles. The molecule has 22 heavy (non-hydrogen) atoms. The highest BCUT2D eigenvalue weighted by Gasteiger charge is 2.16. The smallest absolute Gasteiger partial charge is 0.322 e. The Morgan fingerprint density at radius 2 is 2.09 bits per heavy atom. The van der Waals surface area contributed by atoms with E-state index in [9.17, 15) is 9.59 Å². The molecule has 0 spiro atoms. The van der Waals surface area contributed by atoms with Crippen LogP contribution in [0.4, 0.5) is 10.5 Å². The van der Waals surface area contributed by atoms with E-state index in [0.717, 1.165) is 5.56 Å². The number of urea groups is 1. The molecule has 3 N–H and O–H groups in total. The Hall–Kier alpha value is -2.76. The second-order valence-corrected chi connectivity index (χ2v) is 5.02. The third-order valence-electron chi connectivity index (χ3n) is 3.11. The largest absolute Gasteiger partial charge is 0.467 e. The van der Waals surface area contributed by atoms with Gasteiger partial charge in [-0.05, 0) is 36.8 Å². The molecule has 0 saturated heterocycles. The lowest BCUT2D eigenvalue weighted by Crippen LogP contribution is -2.36. The number of primary amides is 1. The number of carbonyl (C=O) groups is 2. The number of nitrogens with two attached hydrogens (primary N) is 1. The van der Waals surface area contributed by atoms with Gasteiger partial charge in [0.05, 0.1) is 12.8 Å². The summed E-state index contributed by atoms with van der Waals surface area (Å²) in [4.78, 5) is 24.8. The van der Waals surface area contributed by atoms with E-state index in [2.05, 4.69) is 5.32 Å². The number of nitrogens with zero attached hydrogens (tertiary/aromatic N) is 1. The maximum absolute atomic E-state index is 12.4. The Morgan fingerprint density at radius 3 is 2.73 bits per heavy atom. The molecule has 6 heteroatoms. The van der Waals surface area contributed by atoms with Gasteiger partial charge in [0.1, 0.15) is 5.76 Å². The summed E-state index contributed by atoms with van der Waals surface area (Å²) in [5.41, 5.74) is 6.92. The summed E-state index contributed by atoms with van der Waals surface area (Å²) in [6, 6.07) is 10.7. The van der Waals surface area contributed by atoms with Gasteiger partial charge < -0.3 is 20.4 Å². The summed E-state index contributed by atoms with van der Waals surface area (Å²) in [6.45, 7) is 2.45. The number of aryl methyl sites for hydroxylation is 1. The van der Waals surface area contributed by atoms with Gasteiger partial charge in [0.2, 0.25) is 5.91 Å². The van der Waals surface area contributed by atoms with Crippen LogP contribution in [-0.4, -0.2) is 23.4 Å². The molecule has 0 aliphatic carbocycles. The summed E-state index contributed by atoms with van der Waals surface area (Å²) in [6.07, 6.45) is 1.64. The average molecular weight is 301 g/mol. The number of rotatable bonds is 6. The molecule has 1 heterocycles. The van der Waals surface area contributed by atoms with Crippen LogP contribution < -0.4 is 11.1 Å². The van der Waals surface area contributed by atoms with Gasteiger partial charge in [0, 0.05) is 18.7 Å². The van der Waals surface area contributed by atoms with Crippen LogP contribution in [0.3, 0.4) is 0 Å². The molecule has 0 bridgehead atoms. The van der Waals surface area contributed by atoms with E-state index in [-0.39, 0.29) is 25.5 Å². The fourth-order valence-electron chi connectivity index (χ4n) is 2.01. The van der Waals surface area contributed by atoms with Gasteiger partial charge >= 0.3 is 6.03 Å². The van der Waals surface area contributed by atoms with Crippen molar-refractivity contribution in [3.8, 4) is 0 Å². The van der Waals surface area contributed by atoms with Crippen LogP contribution in [0.25, 0.3) is 0 Å². The molecule has 0 aliphatic heterocycles. The molecule has 0 fully saturated rings. The monoisotopic (exact) mass is 301 g/mol. The van der Waals surface area contributed by atoms with Crippen LogP contribution in [-0.2, 0) is 11.3 Å². The highest BCUT2D eigenvalue weighted by atomic mass is 16.3. The Morgan fingerprint density at radius 1 is 1.27 bits per heavy atom. The molecule has 0 saturated carbocycles. The Labute approximate surface area is 128 Å². The third-order valence-corrected chi connectivity index (χ3v) is 3.11. The van der Waals surface area contributed by atoms with Crippen molar-refractivity contribution in [2.45, 2.75) is 19.9 Å². The molecular formula is C16H19N3O3. The maximum Gasteiger partial charge on any atom is 0.322 e. The summed E-state index contributed by atoms with van der Waals surface area (Å²) < 4.78 is 5.25. The number of benzene rings is 1. The van der Waals surface area contributed by atoms with E-state index >= 15 is 0 Å². The first kappa shape index (κ1) is 15.6. The quantitative estimate of drug-likeness (QED) is 0.859. The first-order valence-corrected chi connectivity index (χ1v) is 6.98. The lowest BCUT2D eigenvalue weighted by Gasteiger charge is -2.21. The molecular weight excluding hydrogens is 282 g/mol. The highest BCUT2D eigenvalue weighted by molar-refractivity contribution is 5.89. The minimum atomic E-state index is -0.451. The van der Waals surface area contributed by atoms with Crippen molar-refractivity contribution in [3.05, 3.63) is 54.0 Å². The first-order valence-electron chi connectivity index (χ1n) is 6.98. The summed E-state index contributed by atoms with van der Waals surface area (Å²) in [5, 5.41) is 2.81. The number of nitrogens with one attached hydrogen (secondary N) is 1. The molecule has 0 unspecified atom stereocenters. The average Bonchev–Trinajstić information content (AvgIpc) is 2.96. The van der Waals surface area contributed by atoms with Crippen LogP contribution in [0.15, 0.2) is 47.1 Å². The normalized spacial score (nSPS) is 10.2. The molecule has 3 amide bonds. The third kappa shape index (κ3) is 4.66. The van der Waals surface area contributed by atoms with Crippen molar-refractivity contribution >= 4 is 17.6 Å². The Bertz CT molecular complexity index is 638. The molecule has 116 valence electrons. The van der Waals surface area contributed by atoms with Crippen molar-refractivity contribution in [1.82, 2.24) is 4.90 Å². The predicted molar refractivity (Wildman–Crippen MR) is 83.1 cm³/mol.